The molecule has 31 heavy (non-hydrogen) atoms. The summed E-state index contributed by atoms with van der Waals surface area (Å²) in [6.07, 6.45) is 4.65. The van der Waals surface area contributed by atoms with Crippen LogP contribution in [0, 0.1) is 11.2 Å². The van der Waals surface area contributed by atoms with Crippen molar-refractivity contribution in [1.29, 1.82) is 5.41 Å². The first kappa shape index (κ1) is 20.1. The molecule has 3 aromatic heterocycles. The summed E-state index contributed by atoms with van der Waals surface area (Å²) in [5.41, 5.74) is 3.09. The number of amides is 1. The van der Waals surface area contributed by atoms with Crippen molar-refractivity contribution in [2.75, 3.05) is 12.4 Å². The van der Waals surface area contributed by atoms with Gasteiger partial charge in [-0.25, -0.2) is 14.4 Å². The van der Waals surface area contributed by atoms with Crippen molar-refractivity contribution < 1.29 is 9.18 Å². The molecule has 0 bridgehead atoms. The van der Waals surface area contributed by atoms with E-state index in [-0.39, 0.29) is 23.4 Å². The van der Waals surface area contributed by atoms with Crippen LogP contribution in [0.1, 0.15) is 40.3 Å². The summed E-state index contributed by atoms with van der Waals surface area (Å²) < 4.78 is 13.5. The van der Waals surface area contributed by atoms with Crippen molar-refractivity contribution in [3.05, 3.63) is 83.3 Å². The molecule has 1 aromatic carbocycles. The van der Waals surface area contributed by atoms with Crippen molar-refractivity contribution in [1.82, 2.24) is 25.3 Å². The molecule has 0 aliphatic rings. The second-order valence-electron chi connectivity index (χ2n) is 6.92. The van der Waals surface area contributed by atoms with E-state index < -0.39 is 5.82 Å². The standard InChI is InChI=1S/C22H20FN7O/c1-12(16-5-3-4-8-26-16)29-22(31)15-10-27-21-20(15)30-18(11-28-21)19(24)14-7-6-13(23)9-17(14)25-2/h3-12,24-25H,1-2H3,(H,27,28)(H,29,31). The Kier molecular flexibility index (Phi) is 5.40. The monoisotopic (exact) mass is 417 g/mol. The van der Waals surface area contributed by atoms with Gasteiger partial charge in [0.1, 0.15) is 17.0 Å². The maximum absolute atomic E-state index is 13.5. The van der Waals surface area contributed by atoms with Gasteiger partial charge in [0, 0.05) is 30.7 Å². The average Bonchev–Trinajstić information content (AvgIpc) is 3.22. The molecule has 4 N–H and O–H groups in total. The molecule has 4 aromatic rings. The number of fused-ring (bicyclic) bond motifs is 1. The van der Waals surface area contributed by atoms with Crippen molar-refractivity contribution in [3.63, 3.8) is 0 Å². The Hall–Kier alpha value is -4.14. The summed E-state index contributed by atoms with van der Waals surface area (Å²) >= 11 is 0. The topological polar surface area (TPSA) is 119 Å². The fraction of sp³-hybridized carbons (Fsp3) is 0.136. The highest BCUT2D eigenvalue weighted by atomic mass is 19.1. The molecular formula is C22H20FN7O. The summed E-state index contributed by atoms with van der Waals surface area (Å²) in [5.74, 6) is -0.742. The van der Waals surface area contributed by atoms with E-state index in [2.05, 4.69) is 30.6 Å². The lowest BCUT2D eigenvalue weighted by molar-refractivity contribution is 0.0940. The van der Waals surface area contributed by atoms with Crippen molar-refractivity contribution in [3.8, 4) is 0 Å². The number of aromatic nitrogens is 4. The molecule has 0 saturated carbocycles. The van der Waals surface area contributed by atoms with Gasteiger partial charge in [0.2, 0.25) is 0 Å². The quantitative estimate of drug-likeness (QED) is 0.358. The molecule has 0 fully saturated rings. The van der Waals surface area contributed by atoms with Crippen molar-refractivity contribution in [2.24, 2.45) is 0 Å². The van der Waals surface area contributed by atoms with Crippen LogP contribution in [-0.2, 0) is 0 Å². The van der Waals surface area contributed by atoms with Gasteiger partial charge in [-0.15, -0.1) is 0 Å². The molecule has 1 amide bonds. The molecule has 0 spiro atoms. The zero-order valence-electron chi connectivity index (χ0n) is 16.9. The van der Waals surface area contributed by atoms with Crippen LogP contribution in [0.4, 0.5) is 10.1 Å². The second kappa shape index (κ2) is 8.31. The first-order valence-corrected chi connectivity index (χ1v) is 9.60. The van der Waals surface area contributed by atoms with Gasteiger partial charge in [-0.05, 0) is 37.3 Å². The molecular weight excluding hydrogens is 397 g/mol. The first-order valence-electron chi connectivity index (χ1n) is 9.60. The largest absolute Gasteiger partial charge is 0.387 e. The van der Waals surface area contributed by atoms with E-state index in [0.29, 0.717) is 28.0 Å². The molecule has 0 saturated heterocycles. The van der Waals surface area contributed by atoms with Gasteiger partial charge in [0.05, 0.1) is 29.2 Å². The number of pyridine rings is 1. The zero-order chi connectivity index (χ0) is 22.0. The van der Waals surface area contributed by atoms with Gasteiger partial charge >= 0.3 is 0 Å². The lowest BCUT2D eigenvalue weighted by Crippen LogP contribution is -2.27. The van der Waals surface area contributed by atoms with Crippen LogP contribution in [-0.4, -0.2) is 38.6 Å². The van der Waals surface area contributed by atoms with Crippen molar-refractivity contribution in [2.45, 2.75) is 13.0 Å². The van der Waals surface area contributed by atoms with Crippen LogP contribution in [0.5, 0.6) is 0 Å². The van der Waals surface area contributed by atoms with E-state index in [1.54, 1.807) is 13.2 Å². The van der Waals surface area contributed by atoms with Crippen LogP contribution in [0.25, 0.3) is 11.2 Å². The van der Waals surface area contributed by atoms with Gasteiger partial charge in [-0.3, -0.25) is 15.2 Å². The van der Waals surface area contributed by atoms with E-state index in [4.69, 9.17) is 5.41 Å². The normalized spacial score (nSPS) is 11.8. The molecule has 1 unspecified atom stereocenters. The van der Waals surface area contributed by atoms with E-state index in [1.807, 2.05) is 25.1 Å². The third-order valence-corrected chi connectivity index (χ3v) is 4.88. The summed E-state index contributed by atoms with van der Waals surface area (Å²) in [4.78, 5) is 28.8. The molecule has 4 rings (SSSR count). The minimum atomic E-state index is -0.408. The SMILES string of the molecule is CNc1cc(F)ccc1C(=N)c1cnc2[nH]cc(C(=O)NC(C)c3ccccn3)c2n1. The Morgan fingerprint density at radius 2 is 2.03 bits per heavy atom. The molecule has 8 nitrogen and oxygen atoms in total. The number of hydrogen-bond acceptors (Lipinski definition) is 6. The van der Waals surface area contributed by atoms with E-state index in [9.17, 15) is 9.18 Å². The lowest BCUT2D eigenvalue weighted by atomic mass is 10.1. The number of halogens is 1. The molecule has 0 radical (unpaired) electrons. The summed E-state index contributed by atoms with van der Waals surface area (Å²) in [6, 6.07) is 9.30. The average molecular weight is 417 g/mol. The predicted octanol–water partition coefficient (Wildman–Crippen LogP) is 3.44. The summed E-state index contributed by atoms with van der Waals surface area (Å²) in [7, 11) is 1.65. The molecule has 9 heteroatoms. The minimum Gasteiger partial charge on any atom is -0.387 e. The highest BCUT2D eigenvalue weighted by Gasteiger charge is 2.19. The Balaban J connectivity index is 1.65. The van der Waals surface area contributed by atoms with Gasteiger partial charge in [-0.1, -0.05) is 6.07 Å². The van der Waals surface area contributed by atoms with Gasteiger partial charge in [-0.2, -0.15) is 0 Å². The fourth-order valence-electron chi connectivity index (χ4n) is 3.24. The number of benzene rings is 1. The lowest BCUT2D eigenvalue weighted by Gasteiger charge is -2.13. The minimum absolute atomic E-state index is 0.0631. The molecule has 3 heterocycles. The summed E-state index contributed by atoms with van der Waals surface area (Å²) in [6.45, 7) is 1.84. The maximum atomic E-state index is 13.5. The molecule has 1 atom stereocenters. The molecule has 156 valence electrons. The Labute approximate surface area is 177 Å². The smallest absolute Gasteiger partial charge is 0.255 e. The van der Waals surface area contributed by atoms with Gasteiger partial charge < -0.3 is 15.6 Å². The van der Waals surface area contributed by atoms with Crippen LogP contribution >= 0.6 is 0 Å². The highest BCUT2D eigenvalue weighted by molar-refractivity contribution is 6.14. The van der Waals surface area contributed by atoms with Gasteiger partial charge in [0.15, 0.2) is 5.65 Å². The maximum Gasteiger partial charge on any atom is 0.255 e. The number of nitrogens with zero attached hydrogens (tertiary/aromatic N) is 3. The Morgan fingerprint density at radius 1 is 1.19 bits per heavy atom. The summed E-state index contributed by atoms with van der Waals surface area (Å²) in [5, 5.41) is 14.3. The third kappa shape index (κ3) is 3.97. The zero-order valence-corrected chi connectivity index (χ0v) is 16.9. The number of H-pyrrole nitrogens is 1. The number of hydrogen-bond donors (Lipinski definition) is 4. The molecule has 0 aliphatic heterocycles. The third-order valence-electron chi connectivity index (χ3n) is 4.88. The van der Waals surface area contributed by atoms with Gasteiger partial charge in [0.25, 0.3) is 5.91 Å². The number of carbonyl (C=O) groups is 1. The number of rotatable bonds is 6. The van der Waals surface area contributed by atoms with Crippen molar-refractivity contribution >= 4 is 28.5 Å². The fourth-order valence-corrected chi connectivity index (χ4v) is 3.24. The van der Waals surface area contributed by atoms with Crippen LogP contribution in [0.15, 0.2) is 55.0 Å². The molecule has 0 aliphatic carbocycles. The first-order chi connectivity index (χ1) is 15.0. The van der Waals surface area contributed by atoms with Crippen LogP contribution < -0.4 is 10.6 Å². The van der Waals surface area contributed by atoms with Crippen LogP contribution in [0.3, 0.4) is 0 Å². The number of aromatic amines is 1. The van der Waals surface area contributed by atoms with E-state index in [0.717, 1.165) is 5.69 Å². The number of anilines is 1. The highest BCUT2D eigenvalue weighted by Crippen LogP contribution is 2.22. The Morgan fingerprint density at radius 3 is 2.77 bits per heavy atom. The predicted molar refractivity (Wildman–Crippen MR) is 116 cm³/mol. The number of carbonyl (C=O) groups excluding carboxylic acids is 1. The van der Waals surface area contributed by atoms with Crippen LogP contribution in [0.2, 0.25) is 0 Å². The Bertz CT molecular complexity index is 1270. The van der Waals surface area contributed by atoms with E-state index in [1.165, 1.54) is 30.6 Å². The van der Waals surface area contributed by atoms with E-state index >= 15 is 0 Å². The second-order valence-corrected chi connectivity index (χ2v) is 6.92. The number of nitrogens with one attached hydrogen (secondary N) is 4.